The molecule has 0 unspecified atom stereocenters. The van der Waals surface area contributed by atoms with Gasteiger partial charge in [-0.15, -0.1) is 0 Å². The Bertz CT molecular complexity index is 1610. The van der Waals surface area contributed by atoms with Crippen LogP contribution in [-0.2, 0) is 0 Å². The fourth-order valence-corrected chi connectivity index (χ4v) is 5.04. The average Bonchev–Trinajstić information content (AvgIpc) is 3.48. The summed E-state index contributed by atoms with van der Waals surface area (Å²) in [7, 11) is 3.05. The van der Waals surface area contributed by atoms with Crippen molar-refractivity contribution in [2.45, 2.75) is 37.0 Å². The molecule has 9 nitrogen and oxygen atoms in total. The van der Waals surface area contributed by atoms with Crippen LogP contribution in [0.25, 0.3) is 16.7 Å². The maximum Gasteiger partial charge on any atom is 0.189 e. The van der Waals surface area contributed by atoms with Gasteiger partial charge in [0.1, 0.15) is 22.5 Å². The molecular weight excluding hydrogens is 611 g/mol. The van der Waals surface area contributed by atoms with Crippen LogP contribution < -0.4 is 9.47 Å². The Hall–Kier alpha value is -3.74. The highest BCUT2D eigenvalue weighted by Crippen LogP contribution is 2.27. The maximum absolute atomic E-state index is 12.7. The Balaban J connectivity index is 0.000000195. The first-order chi connectivity index (χ1) is 20.9. The monoisotopic (exact) mass is 642 g/mol. The smallest absolute Gasteiger partial charge is 0.189 e. The highest BCUT2D eigenvalue weighted by molar-refractivity contribution is 7.99. The second-order valence-corrected chi connectivity index (χ2v) is 11.0. The predicted octanol–water partition coefficient (Wildman–Crippen LogP) is 7.61. The molecule has 226 valence electrons. The molecule has 0 radical (unpaired) electrons. The van der Waals surface area contributed by atoms with Crippen molar-refractivity contribution in [2.75, 3.05) is 25.7 Å². The van der Waals surface area contributed by atoms with Gasteiger partial charge in [0, 0.05) is 30.0 Å². The van der Waals surface area contributed by atoms with E-state index in [9.17, 15) is 9.18 Å². The minimum absolute atomic E-state index is 0.0324. The van der Waals surface area contributed by atoms with Gasteiger partial charge < -0.3 is 9.47 Å². The number of halogens is 2. The van der Waals surface area contributed by atoms with Crippen LogP contribution in [0.2, 0.25) is 5.15 Å². The highest BCUT2D eigenvalue weighted by Gasteiger charge is 2.10. The Morgan fingerprint density at radius 3 is 2.12 bits per heavy atom. The number of hydrogen-bond acceptors (Lipinski definition) is 10. The molecule has 0 saturated heterocycles. The van der Waals surface area contributed by atoms with Crippen molar-refractivity contribution in [1.82, 2.24) is 29.7 Å². The number of carbonyl (C=O) groups excluding carboxylic acids is 1. The van der Waals surface area contributed by atoms with Gasteiger partial charge >= 0.3 is 0 Å². The minimum Gasteiger partial charge on any atom is -0.496 e. The van der Waals surface area contributed by atoms with E-state index in [1.54, 1.807) is 55.3 Å². The standard InChI is InChI=1S/C15H16N4OS.C8H7FO2.C7H9ClN2S/c1-3-9-21-15-16-8-7-14(18-15)19-12-5-4-6-13(20-2)11(12)10-17-19;1-11-8-4-2-3-7(9)6(8)5-10;1-2-5-11-7-9-4-3-6(8)10-7/h4-8,10H,3,9H2,1-2H3;2-5H,1H3;3-4H,2,5H2,1H3. The summed E-state index contributed by atoms with van der Waals surface area (Å²) in [6, 6.07) is 13.7. The summed E-state index contributed by atoms with van der Waals surface area (Å²) < 4.78 is 24.7. The zero-order valence-corrected chi connectivity index (χ0v) is 26.6. The molecule has 3 aromatic heterocycles. The first-order valence-electron chi connectivity index (χ1n) is 13.3. The summed E-state index contributed by atoms with van der Waals surface area (Å²) in [6.07, 6.45) is 7.91. The summed E-state index contributed by atoms with van der Waals surface area (Å²) in [4.78, 5) is 27.2. The van der Waals surface area contributed by atoms with E-state index >= 15 is 0 Å². The summed E-state index contributed by atoms with van der Waals surface area (Å²) in [5.41, 5.74) is 0.939. The summed E-state index contributed by atoms with van der Waals surface area (Å²) in [6.45, 7) is 4.27. The number of hydrogen-bond donors (Lipinski definition) is 0. The SMILES string of the molecule is CCCSc1nccc(-n2ncc3c(OC)cccc32)n1.CCCSc1nccc(Cl)n1.COc1cccc(F)c1C=O. The largest absolute Gasteiger partial charge is 0.496 e. The van der Waals surface area contributed by atoms with Gasteiger partial charge in [-0.2, -0.15) is 5.10 Å². The molecule has 0 amide bonds. The second kappa shape index (κ2) is 18.0. The zero-order valence-electron chi connectivity index (χ0n) is 24.2. The molecule has 0 spiro atoms. The van der Waals surface area contributed by atoms with Gasteiger partial charge in [-0.1, -0.05) is 61.1 Å². The molecule has 0 aliphatic heterocycles. The van der Waals surface area contributed by atoms with E-state index in [0.717, 1.165) is 57.1 Å². The molecule has 0 fully saturated rings. The van der Waals surface area contributed by atoms with Crippen LogP contribution in [0.15, 0.2) is 77.4 Å². The maximum atomic E-state index is 12.7. The Morgan fingerprint density at radius 2 is 1.51 bits per heavy atom. The van der Waals surface area contributed by atoms with E-state index in [1.165, 1.54) is 25.3 Å². The van der Waals surface area contributed by atoms with Gasteiger partial charge in [0.05, 0.1) is 36.9 Å². The van der Waals surface area contributed by atoms with E-state index < -0.39 is 5.82 Å². The van der Waals surface area contributed by atoms with E-state index in [-0.39, 0.29) is 11.3 Å². The van der Waals surface area contributed by atoms with E-state index in [4.69, 9.17) is 21.1 Å². The van der Waals surface area contributed by atoms with Crippen LogP contribution in [0.3, 0.4) is 0 Å². The lowest BCUT2D eigenvalue weighted by Gasteiger charge is -2.05. The topological polar surface area (TPSA) is 105 Å². The third kappa shape index (κ3) is 9.91. The molecule has 0 atom stereocenters. The fraction of sp³-hybridized carbons (Fsp3) is 0.267. The zero-order chi connectivity index (χ0) is 31.0. The first-order valence-corrected chi connectivity index (χ1v) is 15.7. The molecule has 0 aliphatic carbocycles. The highest BCUT2D eigenvalue weighted by atomic mass is 35.5. The number of carbonyl (C=O) groups is 1. The quantitative estimate of drug-likeness (QED) is 0.0654. The van der Waals surface area contributed by atoms with Crippen molar-refractivity contribution in [3.05, 3.63) is 83.7 Å². The third-order valence-corrected chi connectivity index (χ3v) is 7.80. The van der Waals surface area contributed by atoms with Crippen LogP contribution >= 0.6 is 35.1 Å². The van der Waals surface area contributed by atoms with Gasteiger partial charge in [-0.3, -0.25) is 4.79 Å². The summed E-state index contributed by atoms with van der Waals surface area (Å²) in [5, 5.41) is 7.46. The second-order valence-electron chi connectivity index (χ2n) is 8.48. The molecule has 0 bridgehead atoms. The Labute approximate surface area is 263 Å². The van der Waals surface area contributed by atoms with E-state index in [0.29, 0.717) is 11.4 Å². The normalized spacial score (nSPS) is 10.3. The van der Waals surface area contributed by atoms with Gasteiger partial charge in [-0.05, 0) is 43.2 Å². The van der Waals surface area contributed by atoms with Crippen LogP contribution in [-0.4, -0.2) is 61.7 Å². The fourth-order valence-electron chi connectivity index (χ4n) is 3.49. The molecule has 0 saturated carbocycles. The van der Waals surface area contributed by atoms with E-state index in [2.05, 4.69) is 38.9 Å². The number of thioether (sulfide) groups is 2. The van der Waals surface area contributed by atoms with E-state index in [1.807, 2.05) is 28.9 Å². The van der Waals surface area contributed by atoms with Gasteiger partial charge in [0.15, 0.2) is 22.4 Å². The number of benzene rings is 2. The number of fused-ring (bicyclic) bond motifs is 1. The van der Waals surface area contributed by atoms with Crippen molar-refractivity contribution in [3.8, 4) is 17.3 Å². The number of rotatable bonds is 10. The summed E-state index contributed by atoms with van der Waals surface area (Å²) in [5.74, 6) is 3.34. The lowest BCUT2D eigenvalue weighted by Crippen LogP contribution is -2.01. The van der Waals surface area contributed by atoms with Crippen LogP contribution in [0.1, 0.15) is 37.0 Å². The molecule has 13 heteroatoms. The van der Waals surface area contributed by atoms with Crippen molar-refractivity contribution < 1.29 is 18.7 Å². The molecule has 2 aromatic carbocycles. The third-order valence-electron chi connectivity index (χ3n) is 5.45. The Kier molecular flexibility index (Phi) is 14.2. The summed E-state index contributed by atoms with van der Waals surface area (Å²) >= 11 is 8.94. The minimum atomic E-state index is -0.556. The lowest BCUT2D eigenvalue weighted by atomic mass is 10.2. The number of aldehydes is 1. The van der Waals surface area contributed by atoms with Crippen molar-refractivity contribution in [1.29, 1.82) is 0 Å². The van der Waals surface area contributed by atoms with Gasteiger partial charge in [0.2, 0.25) is 0 Å². The number of ether oxygens (including phenoxy) is 2. The number of methoxy groups -OCH3 is 2. The Morgan fingerprint density at radius 1 is 0.884 bits per heavy atom. The van der Waals surface area contributed by atoms with Crippen molar-refractivity contribution in [2.24, 2.45) is 0 Å². The molecule has 0 N–H and O–H groups in total. The predicted molar refractivity (Wildman–Crippen MR) is 171 cm³/mol. The molecule has 0 aliphatic rings. The first kappa shape index (κ1) is 33.8. The molecule has 5 aromatic rings. The molecular formula is C30H32ClFN6O3S2. The molecule has 43 heavy (non-hydrogen) atoms. The molecule has 5 rings (SSSR count). The van der Waals surface area contributed by atoms with Crippen LogP contribution in [0, 0.1) is 5.82 Å². The van der Waals surface area contributed by atoms with Crippen molar-refractivity contribution in [3.63, 3.8) is 0 Å². The van der Waals surface area contributed by atoms with Gasteiger partial charge in [0.25, 0.3) is 0 Å². The lowest BCUT2D eigenvalue weighted by molar-refractivity contribution is 0.111. The van der Waals surface area contributed by atoms with Crippen LogP contribution in [0.5, 0.6) is 11.5 Å². The molecule has 3 heterocycles. The van der Waals surface area contributed by atoms with Crippen LogP contribution in [0.4, 0.5) is 4.39 Å². The number of nitrogens with zero attached hydrogens (tertiary/aromatic N) is 6. The van der Waals surface area contributed by atoms with Gasteiger partial charge in [-0.25, -0.2) is 29.0 Å². The van der Waals surface area contributed by atoms with Crippen molar-refractivity contribution >= 4 is 52.3 Å². The number of aromatic nitrogens is 6. The average molecular weight is 643 g/mol.